The molecule has 92 heavy (non-hydrogen) atoms. The number of aliphatic hydroxyl groups is 1. The van der Waals surface area contributed by atoms with Crippen molar-refractivity contribution in [2.75, 3.05) is 39.6 Å². The normalized spacial score (nSPS) is 14.7. The first kappa shape index (κ1) is 90.1. The second kappa shape index (κ2) is 63.8. The molecule has 19 heteroatoms. The van der Waals surface area contributed by atoms with E-state index in [-0.39, 0.29) is 25.7 Å². The highest BCUT2D eigenvalue weighted by molar-refractivity contribution is 7.47. The van der Waals surface area contributed by atoms with Crippen molar-refractivity contribution in [1.29, 1.82) is 0 Å². The second-order valence-electron chi connectivity index (χ2n) is 27.3. The molecule has 0 bridgehead atoms. The molecule has 0 saturated carbocycles. The zero-order valence-electron chi connectivity index (χ0n) is 60.0. The Kier molecular flexibility index (Phi) is 62.4. The summed E-state index contributed by atoms with van der Waals surface area (Å²) < 4.78 is 68.3. The van der Waals surface area contributed by atoms with E-state index < -0.39 is 97.5 Å². The average Bonchev–Trinajstić information content (AvgIpc) is 1.61. The summed E-state index contributed by atoms with van der Waals surface area (Å²) in [6, 6.07) is 0. The van der Waals surface area contributed by atoms with Gasteiger partial charge in [-0.2, -0.15) is 0 Å². The molecule has 4 unspecified atom stereocenters. The first-order valence-corrected chi connectivity index (χ1v) is 40.9. The van der Waals surface area contributed by atoms with E-state index in [2.05, 4.69) is 48.5 Å². The van der Waals surface area contributed by atoms with E-state index in [0.29, 0.717) is 31.6 Å². The maximum Gasteiger partial charge on any atom is 0.472 e. The molecule has 0 aromatic heterocycles. The van der Waals surface area contributed by atoms with E-state index in [0.717, 1.165) is 115 Å². The van der Waals surface area contributed by atoms with Crippen LogP contribution in [0.15, 0.2) is 0 Å². The lowest BCUT2D eigenvalue weighted by atomic mass is 10.00. The van der Waals surface area contributed by atoms with Crippen LogP contribution in [0.3, 0.4) is 0 Å². The number of carbonyl (C=O) groups excluding carboxylic acids is 4. The van der Waals surface area contributed by atoms with Crippen LogP contribution in [0.1, 0.15) is 370 Å². The van der Waals surface area contributed by atoms with Crippen LogP contribution in [-0.4, -0.2) is 96.7 Å². The van der Waals surface area contributed by atoms with Gasteiger partial charge < -0.3 is 33.8 Å². The van der Waals surface area contributed by atoms with Crippen molar-refractivity contribution >= 4 is 39.5 Å². The fourth-order valence-corrected chi connectivity index (χ4v) is 12.6. The first-order valence-electron chi connectivity index (χ1n) is 37.9. The second-order valence-corrected chi connectivity index (χ2v) is 30.2. The number of ether oxygens (including phenoxy) is 4. The van der Waals surface area contributed by atoms with Crippen molar-refractivity contribution in [2.45, 2.75) is 388 Å². The third kappa shape index (κ3) is 64.1. The Morgan fingerprint density at radius 2 is 0.554 bits per heavy atom. The van der Waals surface area contributed by atoms with Gasteiger partial charge in [-0.05, 0) is 43.4 Å². The van der Waals surface area contributed by atoms with E-state index in [9.17, 15) is 43.2 Å². The van der Waals surface area contributed by atoms with Gasteiger partial charge in [-0.1, -0.05) is 318 Å². The molecule has 0 radical (unpaired) electrons. The Bertz CT molecular complexity index is 1810. The van der Waals surface area contributed by atoms with Gasteiger partial charge in [-0.15, -0.1) is 0 Å². The number of phosphoric ester groups is 2. The predicted octanol–water partition coefficient (Wildman–Crippen LogP) is 21.0. The summed E-state index contributed by atoms with van der Waals surface area (Å²) >= 11 is 0. The van der Waals surface area contributed by atoms with Crippen LogP contribution in [0.2, 0.25) is 0 Å². The summed E-state index contributed by atoms with van der Waals surface area (Å²) in [4.78, 5) is 72.5. The van der Waals surface area contributed by atoms with E-state index >= 15 is 0 Å². The van der Waals surface area contributed by atoms with Crippen LogP contribution in [0.4, 0.5) is 0 Å². The number of carbonyl (C=O) groups is 4. The average molecular weight is 1350 g/mol. The molecule has 0 aliphatic rings. The van der Waals surface area contributed by atoms with Crippen LogP contribution in [-0.2, 0) is 65.4 Å². The molecule has 7 atom stereocenters. The summed E-state index contributed by atoms with van der Waals surface area (Å²) in [6.45, 7) is 11.7. The molecule has 17 nitrogen and oxygen atoms in total. The van der Waals surface area contributed by atoms with E-state index in [1.807, 2.05) is 0 Å². The molecule has 0 spiro atoms. The molecule has 0 amide bonds. The number of unbranched alkanes of at least 4 members (excludes halogenated alkanes) is 37. The van der Waals surface area contributed by atoms with Crippen LogP contribution in [0, 0.1) is 17.8 Å². The lowest BCUT2D eigenvalue weighted by Gasteiger charge is -2.21. The minimum atomic E-state index is -4.95. The van der Waals surface area contributed by atoms with Crippen molar-refractivity contribution < 1.29 is 80.2 Å². The third-order valence-electron chi connectivity index (χ3n) is 17.6. The standard InChI is InChI=1S/C73H142O17P2/c1-8-11-12-13-14-15-16-17-18-19-20-21-22-23-24-25-26-27-28-31-42-49-56-72(77)89-68(60-83-70(75)54-47-40-32-29-30-37-44-51-64(4)5)62-87-91(79,80)85-58-67(74)59-86-92(81,82)88-63-69(90-73(78)57-50-43-36-34-39-46-53-66(7)10-3)61-84-71(76)55-48-41-35-33-38-45-52-65(6)9-2/h64-69,74H,8-63H2,1-7H3,(H,79,80)(H,81,82)/t65?,66?,67-,68-,69-/m1/s1. The molecule has 0 aliphatic heterocycles. The first-order chi connectivity index (χ1) is 44.3. The van der Waals surface area contributed by atoms with Crippen molar-refractivity contribution in [2.24, 2.45) is 17.8 Å². The zero-order chi connectivity index (χ0) is 68.0. The highest BCUT2D eigenvalue weighted by atomic mass is 31.2. The van der Waals surface area contributed by atoms with E-state index in [4.69, 9.17) is 37.0 Å². The molecule has 0 saturated heterocycles. The summed E-state index contributed by atoms with van der Waals surface area (Å²) in [6.07, 6.45) is 49.0. The van der Waals surface area contributed by atoms with Crippen LogP contribution in [0.5, 0.6) is 0 Å². The molecule has 0 heterocycles. The van der Waals surface area contributed by atoms with Crippen molar-refractivity contribution in [3.8, 4) is 0 Å². The Morgan fingerprint density at radius 3 is 0.826 bits per heavy atom. The molecule has 3 N–H and O–H groups in total. The fourth-order valence-electron chi connectivity index (χ4n) is 11.0. The minimum Gasteiger partial charge on any atom is -0.462 e. The SMILES string of the molecule is CCCCCCCCCCCCCCCCCCCCCCCCC(=O)O[C@H](COC(=O)CCCCCCCCCC(C)C)COP(=O)(O)OC[C@@H](O)COP(=O)(O)OC[C@@H](COC(=O)CCCCCCCCC(C)CC)OC(=O)CCCCCCCCC(C)CC. The summed E-state index contributed by atoms with van der Waals surface area (Å²) in [7, 11) is -9.90. The molecular formula is C73H142O17P2. The highest BCUT2D eigenvalue weighted by Crippen LogP contribution is 2.45. The number of aliphatic hydroxyl groups excluding tert-OH is 1. The Labute approximate surface area is 562 Å². The molecule has 0 aliphatic carbocycles. The van der Waals surface area contributed by atoms with Crippen LogP contribution < -0.4 is 0 Å². The van der Waals surface area contributed by atoms with Gasteiger partial charge in [0.05, 0.1) is 26.4 Å². The molecular weight excluding hydrogens is 1210 g/mol. The van der Waals surface area contributed by atoms with Crippen molar-refractivity contribution in [3.63, 3.8) is 0 Å². The number of rotatable bonds is 71. The van der Waals surface area contributed by atoms with Gasteiger partial charge in [-0.25, -0.2) is 9.13 Å². The Balaban J connectivity index is 5.14. The third-order valence-corrected chi connectivity index (χ3v) is 19.5. The number of esters is 4. The van der Waals surface area contributed by atoms with Gasteiger partial charge in [0.15, 0.2) is 12.2 Å². The Hall–Kier alpha value is -1.94. The van der Waals surface area contributed by atoms with E-state index in [1.54, 1.807) is 0 Å². The van der Waals surface area contributed by atoms with Gasteiger partial charge in [0.1, 0.15) is 19.3 Å². The summed E-state index contributed by atoms with van der Waals surface area (Å²) in [5.41, 5.74) is 0. The van der Waals surface area contributed by atoms with Gasteiger partial charge in [0.25, 0.3) is 0 Å². The van der Waals surface area contributed by atoms with Gasteiger partial charge in [0.2, 0.25) is 0 Å². The zero-order valence-corrected chi connectivity index (χ0v) is 61.8. The lowest BCUT2D eigenvalue weighted by Crippen LogP contribution is -2.30. The largest absolute Gasteiger partial charge is 0.472 e. The van der Waals surface area contributed by atoms with Crippen LogP contribution >= 0.6 is 15.6 Å². The number of hydrogen-bond donors (Lipinski definition) is 3. The highest BCUT2D eigenvalue weighted by Gasteiger charge is 2.30. The molecule has 0 aromatic rings. The van der Waals surface area contributed by atoms with Gasteiger partial charge in [-0.3, -0.25) is 37.3 Å². The smallest absolute Gasteiger partial charge is 0.462 e. The topological polar surface area (TPSA) is 237 Å². The molecule has 0 rings (SSSR count). The number of phosphoric acid groups is 2. The predicted molar refractivity (Wildman–Crippen MR) is 372 cm³/mol. The van der Waals surface area contributed by atoms with Crippen molar-refractivity contribution in [1.82, 2.24) is 0 Å². The van der Waals surface area contributed by atoms with Gasteiger partial charge in [0, 0.05) is 25.7 Å². The molecule has 546 valence electrons. The van der Waals surface area contributed by atoms with E-state index in [1.165, 1.54) is 167 Å². The number of hydrogen-bond acceptors (Lipinski definition) is 15. The lowest BCUT2D eigenvalue weighted by molar-refractivity contribution is -0.161. The van der Waals surface area contributed by atoms with Crippen LogP contribution in [0.25, 0.3) is 0 Å². The maximum absolute atomic E-state index is 13.0. The Morgan fingerprint density at radius 1 is 0.315 bits per heavy atom. The maximum atomic E-state index is 13.0. The summed E-state index contributed by atoms with van der Waals surface area (Å²) in [5.74, 6) is 0.0253. The summed E-state index contributed by atoms with van der Waals surface area (Å²) in [5, 5.41) is 10.6. The fraction of sp³-hybridized carbons (Fsp3) is 0.945. The minimum absolute atomic E-state index is 0.102. The quantitative estimate of drug-likeness (QED) is 0.0222. The molecule has 0 fully saturated rings. The van der Waals surface area contributed by atoms with Crippen molar-refractivity contribution in [3.05, 3.63) is 0 Å². The molecule has 0 aromatic carbocycles. The van der Waals surface area contributed by atoms with Gasteiger partial charge >= 0.3 is 39.5 Å². The monoisotopic (exact) mass is 1350 g/mol.